The van der Waals surface area contributed by atoms with Gasteiger partial charge in [0.2, 0.25) is 5.91 Å². The molecule has 1 saturated carbocycles. The van der Waals surface area contributed by atoms with Crippen LogP contribution in [0.1, 0.15) is 33.1 Å². The van der Waals surface area contributed by atoms with E-state index in [1.165, 1.54) is 4.90 Å². The summed E-state index contributed by atoms with van der Waals surface area (Å²) in [6.07, 6.45) is 2.82. The van der Waals surface area contributed by atoms with Crippen molar-refractivity contribution < 1.29 is 9.59 Å². The minimum absolute atomic E-state index is 0.0108. The Morgan fingerprint density at radius 3 is 2.60 bits per heavy atom. The van der Waals surface area contributed by atoms with E-state index < -0.39 is 0 Å². The van der Waals surface area contributed by atoms with Crippen molar-refractivity contribution in [1.29, 1.82) is 0 Å². The van der Waals surface area contributed by atoms with E-state index in [0.29, 0.717) is 12.5 Å². The van der Waals surface area contributed by atoms with Gasteiger partial charge in [0.05, 0.1) is 5.92 Å². The number of carbonyl (C=O) groups excluding carboxylic acids is 2. The van der Waals surface area contributed by atoms with Crippen LogP contribution in [0.15, 0.2) is 0 Å². The Hall–Kier alpha value is -1.06. The molecule has 1 heterocycles. The number of nitrogens with one attached hydrogen (secondary N) is 1. The summed E-state index contributed by atoms with van der Waals surface area (Å²) in [6.45, 7) is 4.72. The van der Waals surface area contributed by atoms with Crippen molar-refractivity contribution in [1.82, 2.24) is 10.2 Å². The first kappa shape index (κ1) is 10.5. The molecule has 2 aliphatic rings. The topological polar surface area (TPSA) is 49.4 Å². The van der Waals surface area contributed by atoms with Gasteiger partial charge in [-0.05, 0) is 25.2 Å². The number of amides is 3. The molecule has 4 heteroatoms. The van der Waals surface area contributed by atoms with E-state index in [1.54, 1.807) is 0 Å². The highest BCUT2D eigenvalue weighted by Crippen LogP contribution is 2.30. The van der Waals surface area contributed by atoms with Gasteiger partial charge in [-0.1, -0.05) is 13.8 Å². The number of rotatable bonds is 3. The summed E-state index contributed by atoms with van der Waals surface area (Å²) in [7, 11) is 0. The lowest BCUT2D eigenvalue weighted by atomic mass is 9.94. The summed E-state index contributed by atoms with van der Waals surface area (Å²) in [6, 6.07) is -0.00466. The average Bonchev–Trinajstić information content (AvgIpc) is 2.94. The van der Waals surface area contributed by atoms with Crippen LogP contribution >= 0.6 is 0 Å². The Balaban J connectivity index is 2.04. The molecule has 1 aliphatic heterocycles. The van der Waals surface area contributed by atoms with Crippen LogP contribution in [0.25, 0.3) is 0 Å². The van der Waals surface area contributed by atoms with Gasteiger partial charge >= 0.3 is 6.03 Å². The molecule has 0 spiro atoms. The lowest BCUT2D eigenvalue weighted by molar-refractivity contribution is -0.134. The number of hydrogen-bond donors (Lipinski definition) is 1. The van der Waals surface area contributed by atoms with Gasteiger partial charge in [0.1, 0.15) is 0 Å². The maximum absolute atomic E-state index is 12.0. The highest BCUT2D eigenvalue weighted by Gasteiger charge is 2.42. The zero-order valence-electron chi connectivity index (χ0n) is 9.32. The molecule has 1 aliphatic carbocycles. The number of imide groups is 1. The monoisotopic (exact) mass is 210 g/mol. The zero-order chi connectivity index (χ0) is 11.0. The van der Waals surface area contributed by atoms with Crippen LogP contribution in [0.2, 0.25) is 0 Å². The molecule has 2 rings (SSSR count). The minimum Gasteiger partial charge on any atom is -0.337 e. The largest absolute Gasteiger partial charge is 0.337 e. The Kier molecular flexibility index (Phi) is 2.67. The Morgan fingerprint density at radius 2 is 2.07 bits per heavy atom. The van der Waals surface area contributed by atoms with Gasteiger partial charge < -0.3 is 5.32 Å². The molecule has 1 saturated heterocycles. The lowest BCUT2D eigenvalue weighted by Crippen LogP contribution is -2.55. The van der Waals surface area contributed by atoms with E-state index in [2.05, 4.69) is 19.2 Å². The molecule has 15 heavy (non-hydrogen) atoms. The second-order valence-electron chi connectivity index (χ2n) is 4.95. The van der Waals surface area contributed by atoms with Crippen molar-refractivity contribution in [2.75, 3.05) is 6.54 Å². The molecule has 4 nitrogen and oxygen atoms in total. The summed E-state index contributed by atoms with van der Waals surface area (Å²) < 4.78 is 0. The van der Waals surface area contributed by atoms with Crippen LogP contribution in [0, 0.1) is 11.8 Å². The molecule has 0 aromatic rings. The molecule has 2 fully saturated rings. The van der Waals surface area contributed by atoms with E-state index >= 15 is 0 Å². The SMILES string of the molecule is CC(C)CC1CNC(=O)N(C2CC2)C1=O. The van der Waals surface area contributed by atoms with Gasteiger partial charge in [0, 0.05) is 12.6 Å². The highest BCUT2D eigenvalue weighted by molar-refractivity contribution is 5.98. The molecule has 3 amide bonds. The Morgan fingerprint density at radius 1 is 1.40 bits per heavy atom. The van der Waals surface area contributed by atoms with E-state index in [0.717, 1.165) is 19.3 Å². The first-order chi connectivity index (χ1) is 7.09. The fraction of sp³-hybridized carbons (Fsp3) is 0.818. The summed E-state index contributed by atoms with van der Waals surface area (Å²) in [5, 5.41) is 2.81. The third kappa shape index (κ3) is 2.13. The van der Waals surface area contributed by atoms with Crippen molar-refractivity contribution in [2.45, 2.75) is 39.2 Å². The van der Waals surface area contributed by atoms with Gasteiger partial charge in [0.25, 0.3) is 0 Å². The third-order valence-electron chi connectivity index (χ3n) is 2.97. The summed E-state index contributed by atoms with van der Waals surface area (Å²) >= 11 is 0. The predicted molar refractivity (Wildman–Crippen MR) is 56.2 cm³/mol. The quantitative estimate of drug-likeness (QED) is 0.764. The molecular formula is C11H18N2O2. The number of carbonyl (C=O) groups is 2. The number of urea groups is 1. The van der Waals surface area contributed by atoms with Gasteiger partial charge in [-0.15, -0.1) is 0 Å². The molecule has 0 aromatic carbocycles. The first-order valence-corrected chi connectivity index (χ1v) is 5.70. The van der Waals surface area contributed by atoms with Gasteiger partial charge in [-0.2, -0.15) is 0 Å². The molecule has 84 valence electrons. The summed E-state index contributed by atoms with van der Waals surface area (Å²) in [4.78, 5) is 25.0. The maximum Gasteiger partial charge on any atom is 0.324 e. The van der Waals surface area contributed by atoms with Gasteiger partial charge in [0.15, 0.2) is 0 Å². The van der Waals surface area contributed by atoms with Crippen LogP contribution in [0.5, 0.6) is 0 Å². The smallest absolute Gasteiger partial charge is 0.324 e. The maximum atomic E-state index is 12.0. The van der Waals surface area contributed by atoms with Crippen LogP contribution in [0.4, 0.5) is 4.79 Å². The van der Waals surface area contributed by atoms with Gasteiger partial charge in [-0.3, -0.25) is 9.69 Å². The second-order valence-corrected chi connectivity index (χ2v) is 4.95. The highest BCUT2D eigenvalue weighted by atomic mass is 16.2. The molecule has 0 bridgehead atoms. The molecular weight excluding hydrogens is 192 g/mol. The fourth-order valence-electron chi connectivity index (χ4n) is 2.11. The number of hydrogen-bond acceptors (Lipinski definition) is 2. The van der Waals surface area contributed by atoms with Gasteiger partial charge in [-0.25, -0.2) is 4.79 Å². The summed E-state index contributed by atoms with van der Waals surface area (Å²) in [5.74, 6) is 0.522. The van der Waals surface area contributed by atoms with Crippen molar-refractivity contribution >= 4 is 11.9 Å². The molecule has 1 N–H and O–H groups in total. The molecule has 0 radical (unpaired) electrons. The van der Waals surface area contributed by atoms with E-state index in [-0.39, 0.29) is 23.9 Å². The standard InChI is InChI=1S/C11H18N2O2/c1-7(2)5-8-6-12-11(15)13(10(8)14)9-3-4-9/h7-9H,3-6H2,1-2H3,(H,12,15). The van der Waals surface area contributed by atoms with Crippen molar-refractivity contribution in [2.24, 2.45) is 11.8 Å². The average molecular weight is 210 g/mol. The third-order valence-corrected chi connectivity index (χ3v) is 2.97. The van der Waals surface area contributed by atoms with E-state index in [4.69, 9.17) is 0 Å². The Labute approximate surface area is 90.0 Å². The van der Waals surface area contributed by atoms with Crippen molar-refractivity contribution in [3.05, 3.63) is 0 Å². The minimum atomic E-state index is -0.192. The molecule has 0 aromatic heterocycles. The predicted octanol–water partition coefficient (Wildman–Crippen LogP) is 1.36. The second kappa shape index (κ2) is 3.83. The van der Waals surface area contributed by atoms with E-state index in [1.807, 2.05) is 0 Å². The van der Waals surface area contributed by atoms with Crippen LogP contribution in [-0.4, -0.2) is 29.4 Å². The van der Waals surface area contributed by atoms with Crippen LogP contribution in [0.3, 0.4) is 0 Å². The fourth-order valence-corrected chi connectivity index (χ4v) is 2.11. The van der Waals surface area contributed by atoms with Crippen LogP contribution in [-0.2, 0) is 4.79 Å². The normalized spacial score (nSPS) is 27.1. The zero-order valence-corrected chi connectivity index (χ0v) is 9.32. The van der Waals surface area contributed by atoms with E-state index in [9.17, 15) is 9.59 Å². The molecule has 1 unspecified atom stereocenters. The van der Waals surface area contributed by atoms with Crippen molar-refractivity contribution in [3.8, 4) is 0 Å². The van der Waals surface area contributed by atoms with Crippen LogP contribution < -0.4 is 5.32 Å². The number of nitrogens with zero attached hydrogens (tertiary/aromatic N) is 1. The van der Waals surface area contributed by atoms with Crippen molar-refractivity contribution in [3.63, 3.8) is 0 Å². The first-order valence-electron chi connectivity index (χ1n) is 5.70. The molecule has 1 atom stereocenters. The lowest BCUT2D eigenvalue weighted by Gasteiger charge is -2.32. The summed E-state index contributed by atoms with van der Waals surface area (Å²) in [5.41, 5.74) is 0. The Bertz CT molecular complexity index is 284.